The molecule has 0 radical (unpaired) electrons. The van der Waals surface area contributed by atoms with Gasteiger partial charge in [-0.15, -0.1) is 0 Å². The Morgan fingerprint density at radius 1 is 1.29 bits per heavy atom. The van der Waals surface area contributed by atoms with Crippen molar-refractivity contribution in [2.24, 2.45) is 5.92 Å². The molecule has 1 unspecified atom stereocenters. The minimum Gasteiger partial charge on any atom is -0.373 e. The van der Waals surface area contributed by atoms with Crippen LogP contribution in [0.2, 0.25) is 0 Å². The monoisotopic (exact) mass is 443 g/mol. The second kappa shape index (κ2) is 10.9. The number of aromatic nitrogens is 2. The van der Waals surface area contributed by atoms with Crippen LogP contribution in [0.4, 0.5) is 11.5 Å². The third-order valence-electron chi connectivity index (χ3n) is 5.53. The van der Waals surface area contributed by atoms with Gasteiger partial charge >= 0.3 is 0 Å². The van der Waals surface area contributed by atoms with Crippen molar-refractivity contribution >= 4 is 29.2 Å². The third kappa shape index (κ3) is 5.75. The molecule has 0 saturated heterocycles. The van der Waals surface area contributed by atoms with Crippen LogP contribution in [0, 0.1) is 5.92 Å². The Hall–Kier alpha value is -2.16. The molecule has 2 heterocycles. The van der Waals surface area contributed by atoms with Crippen molar-refractivity contribution in [3.8, 4) is 0 Å². The summed E-state index contributed by atoms with van der Waals surface area (Å²) in [7, 11) is 3.93. The summed E-state index contributed by atoms with van der Waals surface area (Å²) in [6.07, 6.45) is 4.74. The van der Waals surface area contributed by atoms with E-state index in [9.17, 15) is 4.79 Å². The summed E-state index contributed by atoms with van der Waals surface area (Å²) in [5.41, 5.74) is 2.47. The van der Waals surface area contributed by atoms with Gasteiger partial charge in [0, 0.05) is 32.0 Å². The van der Waals surface area contributed by atoms with E-state index < -0.39 is 0 Å². The van der Waals surface area contributed by atoms with Gasteiger partial charge in [0.05, 0.1) is 12.7 Å². The highest BCUT2D eigenvalue weighted by atomic mass is 32.2. The molecule has 1 N–H and O–H groups in total. The highest BCUT2D eigenvalue weighted by Gasteiger charge is 2.28. The number of benzene rings is 1. The summed E-state index contributed by atoms with van der Waals surface area (Å²) in [6.45, 7) is 7.11. The van der Waals surface area contributed by atoms with Crippen LogP contribution in [0.3, 0.4) is 0 Å². The van der Waals surface area contributed by atoms with Gasteiger partial charge in [0.15, 0.2) is 5.16 Å². The van der Waals surface area contributed by atoms with Crippen molar-refractivity contribution in [2.75, 3.05) is 49.8 Å². The van der Waals surface area contributed by atoms with Gasteiger partial charge in [-0.1, -0.05) is 37.7 Å². The Kier molecular flexibility index (Phi) is 8.28. The van der Waals surface area contributed by atoms with Crippen molar-refractivity contribution < 1.29 is 9.53 Å². The van der Waals surface area contributed by atoms with Gasteiger partial charge in [-0.2, -0.15) is 0 Å². The van der Waals surface area contributed by atoms with Crippen LogP contribution in [0.25, 0.3) is 0 Å². The molecule has 0 fully saturated rings. The molecular formula is C23H33N5O2S. The fraction of sp³-hybridized carbons (Fsp3) is 0.522. The molecule has 0 aliphatic carbocycles. The molecule has 1 aromatic heterocycles. The number of amides is 1. The molecule has 1 amide bonds. The lowest BCUT2D eigenvalue weighted by atomic mass is 10.0. The Labute approximate surface area is 189 Å². The predicted octanol–water partition coefficient (Wildman–Crippen LogP) is 3.45. The van der Waals surface area contributed by atoms with Crippen LogP contribution in [0.15, 0.2) is 35.6 Å². The van der Waals surface area contributed by atoms with E-state index in [0.717, 1.165) is 24.2 Å². The molecule has 168 valence electrons. The lowest BCUT2D eigenvalue weighted by molar-refractivity contribution is 0.00588. The number of likely N-dealkylation sites (N-methyl/N-ethyl adjacent to an activating group) is 1. The van der Waals surface area contributed by atoms with E-state index in [2.05, 4.69) is 41.3 Å². The first-order valence-electron chi connectivity index (χ1n) is 10.7. The molecule has 1 aliphatic rings. The third-order valence-corrected chi connectivity index (χ3v) is 6.10. The second-order valence-corrected chi connectivity index (χ2v) is 8.90. The van der Waals surface area contributed by atoms with Crippen LogP contribution in [0.1, 0.15) is 36.2 Å². The van der Waals surface area contributed by atoms with E-state index >= 15 is 0 Å². The lowest BCUT2D eigenvalue weighted by Gasteiger charge is -2.23. The molecule has 7 nitrogen and oxygen atoms in total. The summed E-state index contributed by atoms with van der Waals surface area (Å²) >= 11 is 1.47. The van der Waals surface area contributed by atoms with Crippen molar-refractivity contribution in [1.82, 2.24) is 15.3 Å². The molecule has 0 saturated carbocycles. The van der Waals surface area contributed by atoms with Gasteiger partial charge in [-0.05, 0) is 49.9 Å². The Bertz CT molecular complexity index is 892. The normalized spacial score (nSPS) is 15.2. The highest BCUT2D eigenvalue weighted by molar-refractivity contribution is 7.98. The summed E-state index contributed by atoms with van der Waals surface area (Å²) in [6, 6.07) is 8.07. The average Bonchev–Trinajstić information content (AvgIpc) is 2.90. The van der Waals surface area contributed by atoms with E-state index in [1.165, 1.54) is 11.8 Å². The van der Waals surface area contributed by atoms with Crippen LogP contribution in [-0.2, 0) is 11.3 Å². The predicted molar refractivity (Wildman–Crippen MR) is 127 cm³/mol. The van der Waals surface area contributed by atoms with Crippen molar-refractivity contribution in [2.45, 2.75) is 38.1 Å². The summed E-state index contributed by atoms with van der Waals surface area (Å²) in [5, 5.41) is 3.86. The zero-order valence-electron chi connectivity index (χ0n) is 19.1. The SMILES string of the molecule is CNCCC(OCc1cccc(N2CCN(C)c3nc(SC)ncc3C2=O)c1)C(C)C. The zero-order chi connectivity index (χ0) is 22.4. The van der Waals surface area contributed by atoms with Gasteiger partial charge in [0.25, 0.3) is 5.91 Å². The first-order valence-corrected chi connectivity index (χ1v) is 12.0. The van der Waals surface area contributed by atoms with E-state index in [0.29, 0.717) is 42.2 Å². The standard InChI is InChI=1S/C23H33N5O2S/c1-16(2)20(9-10-24-3)30-15-17-7-6-8-18(13-17)28-12-11-27(4)21-19(22(28)29)14-25-23(26-21)31-5/h6-8,13-14,16,20,24H,9-12,15H2,1-5H3. The number of carbonyl (C=O) groups is 1. The number of fused-ring (bicyclic) bond motifs is 1. The first-order chi connectivity index (χ1) is 14.9. The fourth-order valence-corrected chi connectivity index (χ4v) is 4.00. The molecule has 31 heavy (non-hydrogen) atoms. The molecule has 1 atom stereocenters. The van der Waals surface area contributed by atoms with Gasteiger partial charge in [0.2, 0.25) is 0 Å². The first kappa shape index (κ1) is 23.5. The number of hydrogen-bond donors (Lipinski definition) is 1. The number of ether oxygens (including phenoxy) is 1. The Morgan fingerprint density at radius 2 is 2.10 bits per heavy atom. The number of anilines is 2. The van der Waals surface area contributed by atoms with Gasteiger partial charge in [-0.3, -0.25) is 4.79 Å². The lowest BCUT2D eigenvalue weighted by Crippen LogP contribution is -2.33. The van der Waals surface area contributed by atoms with Gasteiger partial charge < -0.3 is 19.9 Å². The number of rotatable bonds is 9. The topological polar surface area (TPSA) is 70.6 Å². The van der Waals surface area contributed by atoms with Crippen LogP contribution in [-0.4, -0.2) is 62.0 Å². The van der Waals surface area contributed by atoms with E-state index in [-0.39, 0.29) is 12.0 Å². The molecule has 0 bridgehead atoms. The molecule has 2 aromatic rings. The van der Waals surface area contributed by atoms with E-state index in [1.807, 2.05) is 42.3 Å². The number of hydrogen-bond acceptors (Lipinski definition) is 7. The summed E-state index contributed by atoms with van der Waals surface area (Å²) in [4.78, 5) is 26.1. The Balaban J connectivity index is 1.79. The van der Waals surface area contributed by atoms with E-state index in [4.69, 9.17) is 4.74 Å². The van der Waals surface area contributed by atoms with Crippen LogP contribution in [0.5, 0.6) is 0 Å². The molecule has 1 aliphatic heterocycles. The molecular weight excluding hydrogens is 410 g/mol. The van der Waals surface area contributed by atoms with Crippen molar-refractivity contribution in [3.05, 3.63) is 41.6 Å². The number of nitrogens with zero attached hydrogens (tertiary/aromatic N) is 4. The van der Waals surface area contributed by atoms with Crippen molar-refractivity contribution in [3.63, 3.8) is 0 Å². The molecule has 0 spiro atoms. The Morgan fingerprint density at radius 3 is 2.81 bits per heavy atom. The minimum absolute atomic E-state index is 0.0702. The van der Waals surface area contributed by atoms with Crippen molar-refractivity contribution in [1.29, 1.82) is 0 Å². The summed E-state index contributed by atoms with van der Waals surface area (Å²) in [5.74, 6) is 1.07. The van der Waals surface area contributed by atoms with Crippen LogP contribution < -0.4 is 15.1 Å². The average molecular weight is 444 g/mol. The zero-order valence-corrected chi connectivity index (χ0v) is 19.9. The summed E-state index contributed by atoms with van der Waals surface area (Å²) < 4.78 is 6.21. The fourth-order valence-electron chi connectivity index (χ4n) is 3.66. The maximum atomic E-state index is 13.3. The highest BCUT2D eigenvalue weighted by Crippen LogP contribution is 2.27. The van der Waals surface area contributed by atoms with Gasteiger partial charge in [0.1, 0.15) is 11.4 Å². The van der Waals surface area contributed by atoms with Gasteiger partial charge in [-0.25, -0.2) is 9.97 Å². The molecule has 3 rings (SSSR count). The number of thioether (sulfide) groups is 1. The molecule has 1 aromatic carbocycles. The minimum atomic E-state index is -0.0702. The second-order valence-electron chi connectivity index (χ2n) is 8.13. The van der Waals surface area contributed by atoms with E-state index in [1.54, 1.807) is 6.20 Å². The maximum Gasteiger partial charge on any atom is 0.263 e. The number of carbonyl (C=O) groups excluding carboxylic acids is 1. The quantitative estimate of drug-likeness (QED) is 0.470. The number of nitrogens with one attached hydrogen (secondary N) is 1. The molecule has 8 heteroatoms. The smallest absolute Gasteiger partial charge is 0.263 e. The van der Waals surface area contributed by atoms with Crippen LogP contribution >= 0.6 is 11.8 Å². The maximum absolute atomic E-state index is 13.3. The largest absolute Gasteiger partial charge is 0.373 e.